The summed E-state index contributed by atoms with van der Waals surface area (Å²) in [4.78, 5) is 0.381. The van der Waals surface area contributed by atoms with Gasteiger partial charge >= 0.3 is 0 Å². The summed E-state index contributed by atoms with van der Waals surface area (Å²) in [7, 11) is 0.0262. The van der Waals surface area contributed by atoms with Gasteiger partial charge in [0, 0.05) is 13.6 Å². The van der Waals surface area contributed by atoms with E-state index in [9.17, 15) is 8.42 Å². The predicted octanol–water partition coefficient (Wildman–Crippen LogP) is -0.727. The molecule has 1 heterocycles. The van der Waals surface area contributed by atoms with Crippen LogP contribution in [0.5, 0.6) is 0 Å². The number of epoxide rings is 1. The maximum Gasteiger partial charge on any atom is 0.242 e. The fourth-order valence-corrected chi connectivity index (χ4v) is 3.22. The zero-order valence-corrected chi connectivity index (χ0v) is 11.1. The minimum atomic E-state index is -3.39. The van der Waals surface area contributed by atoms with Crippen molar-refractivity contribution in [3.8, 4) is 0 Å². The molecule has 1 aromatic rings. The number of sulfonamides is 1. The molecule has 0 unspecified atom stereocenters. The molecule has 1 saturated heterocycles. The van der Waals surface area contributed by atoms with Crippen molar-refractivity contribution in [1.29, 1.82) is 0 Å². The Morgan fingerprint density at radius 3 is 2.71 bits per heavy atom. The summed E-state index contributed by atoms with van der Waals surface area (Å²) in [5.74, 6) is 0. The highest BCUT2D eigenvalue weighted by molar-refractivity contribution is 7.89. The number of hydrogen-bond donors (Lipinski definition) is 0. The van der Waals surface area contributed by atoms with Crippen LogP contribution in [0, 0.1) is 6.92 Å². The Bertz CT molecular complexity index is 526. The molecule has 0 aromatic heterocycles. The molecule has 4 nitrogen and oxygen atoms in total. The highest BCUT2D eigenvalue weighted by Crippen LogP contribution is 2.17. The molecule has 0 radical (unpaired) electrons. The van der Waals surface area contributed by atoms with E-state index in [-0.39, 0.29) is 6.10 Å². The Morgan fingerprint density at radius 2 is 2.18 bits per heavy atom. The van der Waals surface area contributed by atoms with Gasteiger partial charge in [-0.1, -0.05) is 23.2 Å². The van der Waals surface area contributed by atoms with Gasteiger partial charge in [0.1, 0.15) is 7.85 Å². The molecular weight excluding hydrogens is 237 g/mol. The summed E-state index contributed by atoms with van der Waals surface area (Å²) >= 11 is 0. The van der Waals surface area contributed by atoms with E-state index in [0.29, 0.717) is 18.0 Å². The zero-order chi connectivity index (χ0) is 12.6. The molecular formula is C11H16BNO3S. The Kier molecular flexibility index (Phi) is 3.29. The number of hydrogen-bond acceptors (Lipinski definition) is 3. The van der Waals surface area contributed by atoms with Crippen LogP contribution < -0.4 is 5.46 Å². The van der Waals surface area contributed by atoms with Crippen molar-refractivity contribution in [2.45, 2.75) is 17.9 Å². The fourth-order valence-electron chi connectivity index (χ4n) is 1.81. The van der Waals surface area contributed by atoms with Gasteiger partial charge in [0.05, 0.1) is 17.6 Å². The lowest BCUT2D eigenvalue weighted by Crippen LogP contribution is -2.33. The molecule has 1 aliphatic heterocycles. The zero-order valence-electron chi connectivity index (χ0n) is 10.3. The summed E-state index contributed by atoms with van der Waals surface area (Å²) in [6.45, 7) is 3.04. The number of nitrogens with zero attached hydrogens (tertiary/aromatic N) is 1. The van der Waals surface area contributed by atoms with Gasteiger partial charge in [-0.3, -0.25) is 0 Å². The van der Waals surface area contributed by atoms with Crippen molar-refractivity contribution in [3.05, 3.63) is 23.8 Å². The second-order valence-corrected chi connectivity index (χ2v) is 6.52. The number of ether oxygens (including phenoxy) is 1. The highest BCUT2D eigenvalue weighted by atomic mass is 32.2. The van der Waals surface area contributed by atoms with Crippen molar-refractivity contribution in [3.63, 3.8) is 0 Å². The summed E-state index contributed by atoms with van der Waals surface area (Å²) in [6, 6.07) is 5.37. The second kappa shape index (κ2) is 4.44. The Hall–Kier alpha value is -0.845. The first-order valence-electron chi connectivity index (χ1n) is 5.56. The van der Waals surface area contributed by atoms with E-state index in [4.69, 9.17) is 4.74 Å². The SMILES string of the molecule is Bc1cc(C)ccc1S(=O)(=O)N(C)C[C@H]1CO1. The van der Waals surface area contributed by atoms with Gasteiger partial charge < -0.3 is 4.74 Å². The van der Waals surface area contributed by atoms with E-state index in [1.165, 1.54) is 4.31 Å². The van der Waals surface area contributed by atoms with Crippen LogP contribution in [0.3, 0.4) is 0 Å². The minimum absolute atomic E-state index is 0.0699. The lowest BCUT2D eigenvalue weighted by molar-refractivity contribution is 0.359. The van der Waals surface area contributed by atoms with Gasteiger partial charge in [-0.15, -0.1) is 0 Å². The van der Waals surface area contributed by atoms with Gasteiger partial charge in [0.25, 0.3) is 0 Å². The number of rotatable bonds is 4. The predicted molar refractivity (Wildman–Crippen MR) is 68.9 cm³/mol. The van der Waals surface area contributed by atoms with Gasteiger partial charge in [0.15, 0.2) is 0 Å². The number of likely N-dealkylation sites (N-methyl/N-ethyl adjacent to an activating group) is 1. The van der Waals surface area contributed by atoms with Crippen LogP contribution in [0.2, 0.25) is 0 Å². The smallest absolute Gasteiger partial charge is 0.242 e. The van der Waals surface area contributed by atoms with Gasteiger partial charge in [-0.05, 0) is 13.0 Å². The molecule has 17 heavy (non-hydrogen) atoms. The van der Waals surface area contributed by atoms with E-state index >= 15 is 0 Å². The molecule has 1 atom stereocenters. The maximum atomic E-state index is 12.3. The van der Waals surface area contributed by atoms with Crippen LogP contribution in [0.15, 0.2) is 23.1 Å². The molecule has 2 rings (SSSR count). The average molecular weight is 253 g/mol. The van der Waals surface area contributed by atoms with Crippen molar-refractivity contribution in [1.82, 2.24) is 4.31 Å². The standard InChI is InChI=1S/C11H16BNO3S/c1-8-3-4-11(10(12)5-8)17(14,15)13(2)6-9-7-16-9/h3-5,9H,6-7,12H2,1-2H3/t9-/m0/s1. The summed E-state index contributed by atoms with van der Waals surface area (Å²) in [5.41, 5.74) is 1.85. The highest BCUT2D eigenvalue weighted by Gasteiger charge is 2.30. The molecule has 1 aromatic carbocycles. The van der Waals surface area contributed by atoms with E-state index in [0.717, 1.165) is 11.0 Å². The van der Waals surface area contributed by atoms with E-state index in [1.54, 1.807) is 13.1 Å². The van der Waals surface area contributed by atoms with Crippen LogP contribution in [0.1, 0.15) is 5.56 Å². The molecule has 0 saturated carbocycles. The first-order chi connectivity index (χ1) is 7.91. The molecule has 0 N–H and O–H groups in total. The number of aryl methyl sites for hydroxylation is 1. The lowest BCUT2D eigenvalue weighted by atomic mass is 9.95. The average Bonchev–Trinajstić information content (AvgIpc) is 3.00. The first-order valence-corrected chi connectivity index (χ1v) is 7.00. The molecule has 92 valence electrons. The van der Waals surface area contributed by atoms with Crippen molar-refractivity contribution < 1.29 is 13.2 Å². The fraction of sp³-hybridized carbons (Fsp3) is 0.455. The van der Waals surface area contributed by atoms with E-state index in [1.807, 2.05) is 26.9 Å². The van der Waals surface area contributed by atoms with Crippen molar-refractivity contribution in [2.24, 2.45) is 0 Å². The molecule has 0 aliphatic carbocycles. The van der Waals surface area contributed by atoms with Crippen LogP contribution >= 0.6 is 0 Å². The Balaban J connectivity index is 2.29. The van der Waals surface area contributed by atoms with Crippen LogP contribution in [-0.2, 0) is 14.8 Å². The first kappa shape index (κ1) is 12.6. The topological polar surface area (TPSA) is 49.9 Å². The molecule has 1 fully saturated rings. The van der Waals surface area contributed by atoms with Gasteiger partial charge in [-0.25, -0.2) is 8.42 Å². The minimum Gasteiger partial charge on any atom is -0.372 e. The quantitative estimate of drug-likeness (QED) is 0.525. The Labute approximate surface area is 103 Å². The molecule has 0 amide bonds. The summed E-state index contributed by atoms with van der Waals surface area (Å²) in [5, 5.41) is 0. The van der Waals surface area contributed by atoms with Gasteiger partial charge in [0.2, 0.25) is 10.0 Å². The van der Waals surface area contributed by atoms with E-state index in [2.05, 4.69) is 0 Å². The summed E-state index contributed by atoms with van der Waals surface area (Å²) in [6.07, 6.45) is 0.0699. The van der Waals surface area contributed by atoms with Crippen LogP contribution in [-0.4, -0.2) is 46.9 Å². The van der Waals surface area contributed by atoms with E-state index < -0.39 is 10.0 Å². The van der Waals surface area contributed by atoms with Crippen molar-refractivity contribution in [2.75, 3.05) is 20.2 Å². The molecule has 0 spiro atoms. The summed E-state index contributed by atoms with van der Waals surface area (Å²) < 4.78 is 31.0. The maximum absolute atomic E-state index is 12.3. The van der Waals surface area contributed by atoms with Crippen LogP contribution in [0.4, 0.5) is 0 Å². The third-order valence-corrected chi connectivity index (χ3v) is 4.87. The number of benzene rings is 1. The second-order valence-electron chi connectivity index (χ2n) is 4.51. The largest absolute Gasteiger partial charge is 0.372 e. The normalized spacial score (nSPS) is 19.6. The Morgan fingerprint density at radius 1 is 1.53 bits per heavy atom. The van der Waals surface area contributed by atoms with Crippen LogP contribution in [0.25, 0.3) is 0 Å². The lowest BCUT2D eigenvalue weighted by Gasteiger charge is -2.17. The molecule has 1 aliphatic rings. The monoisotopic (exact) mass is 253 g/mol. The third kappa shape index (κ3) is 2.70. The third-order valence-electron chi connectivity index (χ3n) is 2.88. The van der Waals surface area contributed by atoms with Crippen molar-refractivity contribution >= 4 is 23.3 Å². The molecule has 0 bridgehead atoms. The molecule has 6 heteroatoms. The van der Waals surface area contributed by atoms with Gasteiger partial charge in [-0.2, -0.15) is 4.31 Å².